The Bertz CT molecular complexity index is 690. The van der Waals surface area contributed by atoms with Crippen LogP contribution in [-0.4, -0.2) is 47.2 Å². The van der Waals surface area contributed by atoms with E-state index in [1.807, 2.05) is 0 Å². The molecule has 2 rings (SSSR count). The average molecular weight is 303 g/mol. The van der Waals surface area contributed by atoms with Crippen LogP contribution in [0.5, 0.6) is 0 Å². The Morgan fingerprint density at radius 2 is 2.20 bits per heavy atom. The fourth-order valence-corrected chi connectivity index (χ4v) is 2.52. The molecule has 1 atom stereocenters. The zero-order valence-corrected chi connectivity index (χ0v) is 11.1. The number of aromatic nitrogens is 2. The molecule has 1 aliphatic heterocycles. The van der Waals surface area contributed by atoms with E-state index in [2.05, 4.69) is 9.97 Å². The minimum atomic E-state index is -4.82. The lowest BCUT2D eigenvalue weighted by atomic mass is 10.2. The molecule has 1 N–H and O–H groups in total. The van der Waals surface area contributed by atoms with Gasteiger partial charge in [-0.05, 0) is 6.92 Å². The van der Waals surface area contributed by atoms with Crippen molar-refractivity contribution >= 4 is 28.0 Å². The number of hydrogen-bond acceptors (Lipinski definition) is 6. The third-order valence-electron chi connectivity index (χ3n) is 2.93. The third kappa shape index (κ3) is 2.59. The summed E-state index contributed by atoms with van der Waals surface area (Å²) < 4.78 is 34.5. The van der Waals surface area contributed by atoms with Gasteiger partial charge in [-0.2, -0.15) is 8.42 Å². The topological polar surface area (TPSA) is 118 Å². The van der Waals surface area contributed by atoms with E-state index in [1.54, 1.807) is 0 Å². The van der Waals surface area contributed by atoms with Crippen molar-refractivity contribution in [2.24, 2.45) is 0 Å². The van der Waals surface area contributed by atoms with Gasteiger partial charge in [0.15, 0.2) is 0 Å². The standard InChI is InChI=1S/C10H10FN3O5S/c1-5-7(9(16)17)3-12-10(13-5)14-4-6(2-8(14)15)20(11,18)19/h3,6H,2,4H2,1H3,(H,16,17). The Labute approximate surface area is 113 Å². The van der Waals surface area contributed by atoms with Gasteiger partial charge in [-0.15, -0.1) is 3.89 Å². The number of carboxylic acids is 1. The number of halogens is 1. The fourth-order valence-electron chi connectivity index (χ4n) is 1.85. The average Bonchev–Trinajstić information content (AvgIpc) is 2.70. The van der Waals surface area contributed by atoms with Crippen molar-refractivity contribution in [1.82, 2.24) is 9.97 Å². The molecule has 1 saturated heterocycles. The maximum atomic E-state index is 12.9. The van der Waals surface area contributed by atoms with E-state index >= 15 is 0 Å². The molecule has 0 bridgehead atoms. The largest absolute Gasteiger partial charge is 0.478 e. The maximum absolute atomic E-state index is 12.9. The minimum absolute atomic E-state index is 0.127. The highest BCUT2D eigenvalue weighted by Gasteiger charge is 2.40. The highest BCUT2D eigenvalue weighted by Crippen LogP contribution is 2.23. The summed E-state index contributed by atoms with van der Waals surface area (Å²) in [5, 5.41) is 7.39. The normalized spacial score (nSPS) is 19.4. The van der Waals surface area contributed by atoms with E-state index in [0.717, 1.165) is 11.1 Å². The van der Waals surface area contributed by atoms with Gasteiger partial charge in [0.05, 0.1) is 11.3 Å². The van der Waals surface area contributed by atoms with E-state index in [4.69, 9.17) is 5.11 Å². The summed E-state index contributed by atoms with van der Waals surface area (Å²) >= 11 is 0. The number of nitrogens with zero attached hydrogens (tertiary/aromatic N) is 3. The number of carbonyl (C=O) groups excluding carboxylic acids is 1. The van der Waals surface area contributed by atoms with Crippen LogP contribution in [0.1, 0.15) is 22.5 Å². The molecule has 2 heterocycles. The van der Waals surface area contributed by atoms with Gasteiger partial charge in [-0.25, -0.2) is 14.8 Å². The monoisotopic (exact) mass is 303 g/mol. The van der Waals surface area contributed by atoms with Crippen LogP contribution in [0, 0.1) is 6.92 Å². The first-order chi connectivity index (χ1) is 9.20. The van der Waals surface area contributed by atoms with Gasteiger partial charge in [-0.1, -0.05) is 0 Å². The van der Waals surface area contributed by atoms with E-state index in [9.17, 15) is 21.9 Å². The number of amides is 1. The van der Waals surface area contributed by atoms with Crippen molar-refractivity contribution in [3.63, 3.8) is 0 Å². The van der Waals surface area contributed by atoms with Crippen molar-refractivity contribution < 1.29 is 27.0 Å². The zero-order valence-electron chi connectivity index (χ0n) is 10.3. The van der Waals surface area contributed by atoms with Crippen LogP contribution in [0.25, 0.3) is 0 Å². The van der Waals surface area contributed by atoms with E-state index < -0.39 is 33.8 Å². The fraction of sp³-hybridized carbons (Fsp3) is 0.400. The number of carbonyl (C=O) groups is 2. The molecular weight excluding hydrogens is 293 g/mol. The lowest BCUT2D eigenvalue weighted by Crippen LogP contribution is -2.29. The van der Waals surface area contributed by atoms with Crippen LogP contribution in [0.15, 0.2) is 6.20 Å². The molecule has 1 unspecified atom stereocenters. The van der Waals surface area contributed by atoms with Gasteiger partial charge in [0.1, 0.15) is 5.25 Å². The van der Waals surface area contributed by atoms with Crippen LogP contribution in [0.2, 0.25) is 0 Å². The quantitative estimate of drug-likeness (QED) is 0.774. The number of hydrogen-bond donors (Lipinski definition) is 1. The van der Waals surface area contributed by atoms with Gasteiger partial charge in [0.25, 0.3) is 0 Å². The zero-order chi connectivity index (χ0) is 15.1. The van der Waals surface area contributed by atoms with E-state index in [0.29, 0.717) is 0 Å². The number of aryl methyl sites for hydroxylation is 1. The summed E-state index contributed by atoms with van der Waals surface area (Å²) in [6.07, 6.45) is 0.534. The third-order valence-corrected chi connectivity index (χ3v) is 4.04. The number of aromatic carboxylic acids is 1. The predicted octanol–water partition coefficient (Wildman–Crippen LogP) is -0.112. The summed E-state index contributed by atoms with van der Waals surface area (Å²) in [6.45, 7) is 1.03. The van der Waals surface area contributed by atoms with Crippen LogP contribution >= 0.6 is 0 Å². The van der Waals surface area contributed by atoms with Crippen LogP contribution < -0.4 is 4.90 Å². The van der Waals surface area contributed by atoms with E-state index in [-0.39, 0.29) is 23.8 Å². The predicted molar refractivity (Wildman–Crippen MR) is 64.5 cm³/mol. The van der Waals surface area contributed by atoms with Crippen LogP contribution in [0.4, 0.5) is 9.83 Å². The summed E-state index contributed by atoms with van der Waals surface area (Å²) in [4.78, 5) is 30.9. The van der Waals surface area contributed by atoms with Crippen LogP contribution in [-0.2, 0) is 15.0 Å². The highest BCUT2D eigenvalue weighted by atomic mass is 32.3. The number of carboxylic acid groups (broad SMARTS) is 1. The molecule has 0 saturated carbocycles. The lowest BCUT2D eigenvalue weighted by Gasteiger charge is -2.14. The molecule has 10 heteroatoms. The molecular formula is C10H10FN3O5S. The first kappa shape index (κ1) is 14.3. The van der Waals surface area contributed by atoms with Crippen molar-refractivity contribution in [2.45, 2.75) is 18.6 Å². The van der Waals surface area contributed by atoms with Gasteiger partial charge in [0, 0.05) is 19.2 Å². The molecule has 1 fully saturated rings. The Morgan fingerprint density at radius 3 is 2.65 bits per heavy atom. The molecule has 1 aromatic heterocycles. The van der Waals surface area contributed by atoms with E-state index in [1.165, 1.54) is 6.92 Å². The van der Waals surface area contributed by atoms with Crippen molar-refractivity contribution in [3.05, 3.63) is 17.5 Å². The summed E-state index contributed by atoms with van der Waals surface area (Å²) in [7, 11) is -4.82. The molecule has 1 aromatic rings. The first-order valence-corrected chi connectivity index (χ1v) is 6.95. The van der Waals surface area contributed by atoms with Gasteiger partial charge < -0.3 is 5.11 Å². The number of anilines is 1. The van der Waals surface area contributed by atoms with Gasteiger partial charge >= 0.3 is 16.2 Å². The second kappa shape index (κ2) is 4.78. The molecule has 8 nitrogen and oxygen atoms in total. The van der Waals surface area contributed by atoms with Gasteiger partial charge in [0.2, 0.25) is 11.9 Å². The molecule has 0 aromatic carbocycles. The molecule has 1 aliphatic rings. The van der Waals surface area contributed by atoms with Crippen molar-refractivity contribution in [3.8, 4) is 0 Å². The SMILES string of the molecule is Cc1nc(N2CC(S(=O)(=O)F)CC2=O)ncc1C(=O)O. The molecule has 0 aliphatic carbocycles. The Morgan fingerprint density at radius 1 is 1.55 bits per heavy atom. The second-order valence-electron chi connectivity index (χ2n) is 4.28. The Balaban J connectivity index is 2.31. The lowest BCUT2D eigenvalue weighted by molar-refractivity contribution is -0.117. The first-order valence-electron chi connectivity index (χ1n) is 5.51. The smallest absolute Gasteiger partial charge is 0.339 e. The molecule has 0 radical (unpaired) electrons. The van der Waals surface area contributed by atoms with Gasteiger partial charge in [-0.3, -0.25) is 9.69 Å². The van der Waals surface area contributed by atoms with Crippen LogP contribution in [0.3, 0.4) is 0 Å². The van der Waals surface area contributed by atoms with Crippen molar-refractivity contribution in [1.29, 1.82) is 0 Å². The Kier molecular flexibility index (Phi) is 3.42. The summed E-state index contributed by atoms with van der Waals surface area (Å²) in [5.74, 6) is -1.98. The second-order valence-corrected chi connectivity index (χ2v) is 5.90. The molecule has 108 valence electrons. The Hall–Kier alpha value is -2.10. The number of rotatable bonds is 3. The van der Waals surface area contributed by atoms with Crippen molar-refractivity contribution in [2.75, 3.05) is 11.4 Å². The molecule has 0 spiro atoms. The molecule has 1 amide bonds. The highest BCUT2D eigenvalue weighted by molar-refractivity contribution is 7.87. The minimum Gasteiger partial charge on any atom is -0.478 e. The summed E-state index contributed by atoms with van der Waals surface area (Å²) in [5.41, 5.74) is -0.00286. The maximum Gasteiger partial charge on any atom is 0.339 e. The molecule has 20 heavy (non-hydrogen) atoms. The summed E-state index contributed by atoms with van der Waals surface area (Å²) in [6, 6.07) is 0.